The second-order valence-corrected chi connectivity index (χ2v) is 7.82. The number of amides is 1. The van der Waals surface area contributed by atoms with E-state index < -0.39 is 9.84 Å². The number of fused-ring (bicyclic) bond motifs is 1. The van der Waals surface area contributed by atoms with Gasteiger partial charge in [-0.15, -0.1) is 0 Å². The molecular formula is C18H18N2O3S. The van der Waals surface area contributed by atoms with Crippen LogP contribution in [0.4, 0.5) is 0 Å². The minimum atomic E-state index is -3.22. The highest BCUT2D eigenvalue weighted by Crippen LogP contribution is 2.18. The zero-order chi connectivity index (χ0) is 17.3. The van der Waals surface area contributed by atoms with Gasteiger partial charge in [-0.2, -0.15) is 0 Å². The highest BCUT2D eigenvalue weighted by atomic mass is 32.2. The van der Waals surface area contributed by atoms with E-state index in [1.165, 1.54) is 6.26 Å². The average Bonchev–Trinajstić information content (AvgIpc) is 2.98. The van der Waals surface area contributed by atoms with Gasteiger partial charge in [0.2, 0.25) is 0 Å². The highest BCUT2D eigenvalue weighted by Gasteiger charge is 2.14. The van der Waals surface area contributed by atoms with Crippen LogP contribution in [0.15, 0.2) is 59.5 Å². The zero-order valence-electron chi connectivity index (χ0n) is 13.4. The number of hydrogen-bond donors (Lipinski definition) is 2. The van der Waals surface area contributed by atoms with Crippen molar-refractivity contribution in [3.63, 3.8) is 0 Å². The largest absolute Gasteiger partial charge is 0.351 e. The maximum Gasteiger partial charge on any atom is 0.268 e. The number of nitrogens with one attached hydrogen (secondary N) is 2. The van der Waals surface area contributed by atoms with E-state index in [1.807, 2.05) is 37.3 Å². The summed E-state index contributed by atoms with van der Waals surface area (Å²) >= 11 is 0. The number of carbonyl (C=O) groups is 1. The van der Waals surface area contributed by atoms with Gasteiger partial charge in [0.05, 0.1) is 10.9 Å². The van der Waals surface area contributed by atoms with Crippen LogP contribution in [-0.2, 0) is 9.84 Å². The van der Waals surface area contributed by atoms with Crippen molar-refractivity contribution in [2.45, 2.75) is 17.9 Å². The number of hydrogen-bond acceptors (Lipinski definition) is 3. The van der Waals surface area contributed by atoms with Crippen molar-refractivity contribution in [1.82, 2.24) is 10.3 Å². The molecule has 6 heteroatoms. The normalized spacial score (nSPS) is 12.9. The van der Waals surface area contributed by atoms with Crippen LogP contribution in [0.2, 0.25) is 0 Å². The van der Waals surface area contributed by atoms with Crippen LogP contribution in [0.1, 0.15) is 29.0 Å². The van der Waals surface area contributed by atoms with E-state index in [2.05, 4.69) is 10.3 Å². The molecule has 0 bridgehead atoms. The molecule has 0 fully saturated rings. The minimum Gasteiger partial charge on any atom is -0.351 e. The Morgan fingerprint density at radius 3 is 2.38 bits per heavy atom. The molecule has 1 aromatic heterocycles. The summed E-state index contributed by atoms with van der Waals surface area (Å²) in [5.74, 6) is -0.203. The summed E-state index contributed by atoms with van der Waals surface area (Å²) in [4.78, 5) is 15.7. The Labute approximate surface area is 140 Å². The predicted molar refractivity (Wildman–Crippen MR) is 93.7 cm³/mol. The number of aromatic nitrogens is 1. The van der Waals surface area contributed by atoms with Gasteiger partial charge in [0.1, 0.15) is 5.69 Å². The summed E-state index contributed by atoms with van der Waals surface area (Å²) in [6.45, 7) is 1.86. The molecule has 5 nitrogen and oxygen atoms in total. The lowest BCUT2D eigenvalue weighted by Crippen LogP contribution is -2.26. The molecule has 0 saturated carbocycles. The molecule has 0 spiro atoms. The third kappa shape index (κ3) is 3.33. The molecule has 0 radical (unpaired) electrons. The summed E-state index contributed by atoms with van der Waals surface area (Å²) < 4.78 is 23.0. The SMILES string of the molecule is CC(NC(=O)c1cc2ccccc2[nH]1)c1ccc(S(C)(=O)=O)cc1. The van der Waals surface area contributed by atoms with Crippen LogP contribution in [0.3, 0.4) is 0 Å². The average molecular weight is 342 g/mol. The first kappa shape index (κ1) is 16.3. The van der Waals surface area contributed by atoms with Crippen molar-refractivity contribution in [2.75, 3.05) is 6.26 Å². The lowest BCUT2D eigenvalue weighted by molar-refractivity contribution is 0.0935. The lowest BCUT2D eigenvalue weighted by atomic mass is 10.1. The third-order valence-corrected chi connectivity index (χ3v) is 5.06. The molecule has 124 valence electrons. The lowest BCUT2D eigenvalue weighted by Gasteiger charge is -2.14. The van der Waals surface area contributed by atoms with Crippen LogP contribution >= 0.6 is 0 Å². The van der Waals surface area contributed by atoms with E-state index in [0.717, 1.165) is 16.5 Å². The second-order valence-electron chi connectivity index (χ2n) is 5.81. The molecule has 1 amide bonds. The van der Waals surface area contributed by atoms with Crippen molar-refractivity contribution in [2.24, 2.45) is 0 Å². The van der Waals surface area contributed by atoms with Crippen LogP contribution in [0.5, 0.6) is 0 Å². The zero-order valence-corrected chi connectivity index (χ0v) is 14.2. The molecule has 1 heterocycles. The standard InChI is InChI=1S/C18H18N2O3S/c1-12(13-7-9-15(10-8-13)24(2,22)23)19-18(21)17-11-14-5-3-4-6-16(14)20-17/h3-12,20H,1-2H3,(H,19,21). The van der Waals surface area contributed by atoms with Gasteiger partial charge < -0.3 is 10.3 Å². The van der Waals surface area contributed by atoms with Crippen LogP contribution in [0.25, 0.3) is 10.9 Å². The highest BCUT2D eigenvalue weighted by molar-refractivity contribution is 7.90. The number of benzene rings is 2. The van der Waals surface area contributed by atoms with E-state index in [1.54, 1.807) is 24.3 Å². The number of para-hydroxylation sites is 1. The summed E-state index contributed by atoms with van der Waals surface area (Å²) in [5.41, 5.74) is 2.25. The Kier molecular flexibility index (Phi) is 4.15. The van der Waals surface area contributed by atoms with E-state index in [9.17, 15) is 13.2 Å². The van der Waals surface area contributed by atoms with Gasteiger partial charge in [-0.1, -0.05) is 30.3 Å². The Morgan fingerprint density at radius 2 is 1.75 bits per heavy atom. The molecule has 2 N–H and O–H groups in total. The van der Waals surface area contributed by atoms with Crippen LogP contribution in [-0.4, -0.2) is 25.6 Å². The number of H-pyrrole nitrogens is 1. The fourth-order valence-electron chi connectivity index (χ4n) is 2.56. The fraction of sp³-hybridized carbons (Fsp3) is 0.167. The van der Waals surface area contributed by atoms with E-state index in [-0.39, 0.29) is 16.8 Å². The molecule has 0 aliphatic carbocycles. The van der Waals surface area contributed by atoms with Gasteiger partial charge in [0.25, 0.3) is 5.91 Å². The van der Waals surface area contributed by atoms with E-state index >= 15 is 0 Å². The molecule has 1 unspecified atom stereocenters. The smallest absolute Gasteiger partial charge is 0.268 e. The van der Waals surface area contributed by atoms with Crippen molar-refractivity contribution < 1.29 is 13.2 Å². The van der Waals surface area contributed by atoms with Gasteiger partial charge >= 0.3 is 0 Å². The van der Waals surface area contributed by atoms with Crippen molar-refractivity contribution in [3.05, 3.63) is 65.9 Å². The molecule has 24 heavy (non-hydrogen) atoms. The fourth-order valence-corrected chi connectivity index (χ4v) is 3.19. The van der Waals surface area contributed by atoms with Crippen molar-refractivity contribution in [3.8, 4) is 0 Å². The molecule has 2 aromatic carbocycles. The van der Waals surface area contributed by atoms with Gasteiger partial charge in [-0.25, -0.2) is 8.42 Å². The number of rotatable bonds is 4. The maximum absolute atomic E-state index is 12.4. The molecular weight excluding hydrogens is 324 g/mol. The Balaban J connectivity index is 1.76. The first-order chi connectivity index (χ1) is 11.3. The summed E-state index contributed by atoms with van der Waals surface area (Å²) in [7, 11) is -3.22. The molecule has 3 aromatic rings. The molecule has 0 saturated heterocycles. The summed E-state index contributed by atoms with van der Waals surface area (Å²) in [6.07, 6.45) is 1.17. The number of aromatic amines is 1. The number of sulfone groups is 1. The Morgan fingerprint density at radius 1 is 1.08 bits per heavy atom. The van der Waals surface area contributed by atoms with Crippen molar-refractivity contribution >= 4 is 26.6 Å². The quantitative estimate of drug-likeness (QED) is 0.765. The Bertz CT molecular complexity index is 956. The minimum absolute atomic E-state index is 0.203. The van der Waals surface area contributed by atoms with Crippen LogP contribution in [0, 0.1) is 0 Å². The first-order valence-corrected chi connectivity index (χ1v) is 9.42. The number of carbonyl (C=O) groups excluding carboxylic acids is 1. The molecule has 0 aliphatic rings. The monoisotopic (exact) mass is 342 g/mol. The Hall–Kier alpha value is -2.60. The van der Waals surface area contributed by atoms with E-state index in [0.29, 0.717) is 5.69 Å². The van der Waals surface area contributed by atoms with Crippen LogP contribution < -0.4 is 5.32 Å². The summed E-state index contributed by atoms with van der Waals surface area (Å²) in [5, 5.41) is 3.89. The topological polar surface area (TPSA) is 79.0 Å². The van der Waals surface area contributed by atoms with Gasteiger partial charge in [-0.05, 0) is 36.8 Å². The van der Waals surface area contributed by atoms with Gasteiger partial charge in [0.15, 0.2) is 9.84 Å². The molecule has 3 rings (SSSR count). The first-order valence-electron chi connectivity index (χ1n) is 7.53. The molecule has 0 aliphatic heterocycles. The van der Waals surface area contributed by atoms with Crippen molar-refractivity contribution in [1.29, 1.82) is 0 Å². The second kappa shape index (κ2) is 6.13. The van der Waals surface area contributed by atoms with E-state index in [4.69, 9.17) is 0 Å². The third-order valence-electron chi connectivity index (χ3n) is 3.93. The predicted octanol–water partition coefficient (Wildman–Crippen LogP) is 3.06. The van der Waals surface area contributed by atoms with Gasteiger partial charge in [-0.3, -0.25) is 4.79 Å². The summed E-state index contributed by atoms with van der Waals surface area (Å²) in [6, 6.07) is 15.8. The van der Waals surface area contributed by atoms with Gasteiger partial charge in [0, 0.05) is 17.2 Å². The molecule has 1 atom stereocenters. The maximum atomic E-state index is 12.4.